The first-order chi connectivity index (χ1) is 6.85. The summed E-state index contributed by atoms with van der Waals surface area (Å²) in [6.45, 7) is 6.74. The number of halogens is 3. The van der Waals surface area contributed by atoms with Crippen LogP contribution in [0.4, 0.5) is 8.78 Å². The molecule has 0 amide bonds. The molecule has 0 heterocycles. The van der Waals surface area contributed by atoms with Crippen molar-refractivity contribution >= 4 is 29.8 Å². The molecule has 1 atom stereocenters. The number of hydrogen-bond acceptors (Lipinski definition) is 2. The zero-order valence-corrected chi connectivity index (χ0v) is 11.6. The van der Waals surface area contributed by atoms with Gasteiger partial charge in [0.15, 0.2) is 0 Å². The van der Waals surface area contributed by atoms with Crippen LogP contribution in [0.3, 0.4) is 0 Å². The summed E-state index contributed by atoms with van der Waals surface area (Å²) >= 11 is 10.3. The number of rotatable bonds is 7. The van der Waals surface area contributed by atoms with Gasteiger partial charge < -0.3 is 0 Å². The van der Waals surface area contributed by atoms with Crippen LogP contribution in [-0.2, 0) is 16.3 Å². The molecule has 0 rings (SSSR count). The number of hydrogen-bond donors (Lipinski definition) is 0. The van der Waals surface area contributed by atoms with E-state index in [9.17, 15) is 8.78 Å². The van der Waals surface area contributed by atoms with Crippen molar-refractivity contribution in [3.8, 4) is 0 Å². The Morgan fingerprint density at radius 2 is 1.80 bits per heavy atom. The molecule has 0 aromatic heterocycles. The van der Waals surface area contributed by atoms with Gasteiger partial charge in [-0.3, -0.25) is 9.19 Å². The fourth-order valence-electron chi connectivity index (χ4n) is 1.21. The third-order valence-corrected chi connectivity index (χ3v) is 6.77. The zero-order chi connectivity index (χ0) is 12.1. The van der Waals surface area contributed by atoms with E-state index in [0.29, 0.717) is 19.3 Å². The van der Waals surface area contributed by atoms with Crippen LogP contribution >= 0.6 is 18.0 Å². The molecule has 0 aromatic rings. The highest BCUT2D eigenvalue weighted by atomic mass is 35.5. The van der Waals surface area contributed by atoms with Gasteiger partial charge in [-0.1, -0.05) is 20.8 Å². The second-order valence-electron chi connectivity index (χ2n) is 2.95. The Morgan fingerprint density at radius 3 is 2.07 bits per heavy atom. The molecule has 0 saturated heterocycles. The summed E-state index contributed by atoms with van der Waals surface area (Å²) in [5, 5.41) is 0. The molecule has 0 aliphatic rings. The van der Waals surface area contributed by atoms with Crippen molar-refractivity contribution in [3.05, 3.63) is 0 Å². The summed E-state index contributed by atoms with van der Waals surface area (Å²) in [6.07, 6.45) is -5.53. The molecule has 0 saturated carbocycles. The highest BCUT2D eigenvalue weighted by molar-refractivity contribution is 8.11. The lowest BCUT2D eigenvalue weighted by atomic mass is 10.7. The van der Waals surface area contributed by atoms with Crippen molar-refractivity contribution < 1.29 is 13.3 Å². The maximum atomic E-state index is 13.0. The third-order valence-electron chi connectivity index (χ3n) is 1.99. The van der Waals surface area contributed by atoms with Crippen LogP contribution in [0.1, 0.15) is 20.8 Å². The van der Waals surface area contributed by atoms with Crippen LogP contribution in [-0.4, -0.2) is 35.9 Å². The molecule has 0 spiro atoms. The van der Waals surface area contributed by atoms with Crippen molar-refractivity contribution in [2.24, 2.45) is 0 Å². The van der Waals surface area contributed by atoms with E-state index in [1.54, 1.807) is 11.6 Å². The van der Waals surface area contributed by atoms with Gasteiger partial charge >= 0.3 is 6.11 Å². The van der Waals surface area contributed by atoms with E-state index in [1.807, 2.05) is 13.8 Å². The predicted octanol–water partition coefficient (Wildman–Crippen LogP) is 3.51. The van der Waals surface area contributed by atoms with Gasteiger partial charge in [0.05, 0.1) is 0 Å². The molecule has 0 N–H and O–H groups in total. The minimum absolute atomic E-state index is 0.413. The quantitative estimate of drug-likeness (QED) is 0.523. The average molecular weight is 280 g/mol. The Hall–Kier alpha value is 0.720. The highest BCUT2D eigenvalue weighted by Crippen LogP contribution is 2.54. The molecule has 0 fully saturated rings. The first-order valence-corrected chi connectivity index (χ1v) is 8.23. The number of nitrogens with zero attached hydrogens (tertiary/aromatic N) is 1. The molecule has 7 heteroatoms. The second-order valence-corrected chi connectivity index (χ2v) is 7.59. The van der Waals surface area contributed by atoms with Gasteiger partial charge in [-0.25, -0.2) is 0 Å². The summed E-state index contributed by atoms with van der Waals surface area (Å²) < 4.78 is 32.6. The fraction of sp³-hybridized carbons (Fsp3) is 1.00. The van der Waals surface area contributed by atoms with Gasteiger partial charge in [-0.15, -0.1) is 11.6 Å². The molecule has 0 aromatic carbocycles. The molecule has 1 unspecified atom stereocenters. The summed E-state index contributed by atoms with van der Waals surface area (Å²) in [4.78, 5) is 0. The Morgan fingerprint density at radius 1 is 1.33 bits per heavy atom. The van der Waals surface area contributed by atoms with Crippen molar-refractivity contribution in [2.75, 3.05) is 25.1 Å². The molecule has 0 radical (unpaired) electrons. The average Bonchev–Trinajstić information content (AvgIpc) is 2.19. The Bertz CT molecular complexity index is 239. The summed E-state index contributed by atoms with van der Waals surface area (Å²) in [5.41, 5.74) is 0. The van der Waals surface area contributed by atoms with E-state index in [4.69, 9.17) is 27.9 Å². The molecular formula is C8H17ClF2NOPS. The van der Waals surface area contributed by atoms with Crippen LogP contribution in [0.5, 0.6) is 0 Å². The van der Waals surface area contributed by atoms with Crippen LogP contribution in [0, 0.1) is 0 Å². The Labute approximate surface area is 100 Å². The smallest absolute Gasteiger partial charge is 0.274 e. The Balaban J connectivity index is 4.78. The largest absolute Gasteiger partial charge is 0.373 e. The van der Waals surface area contributed by atoms with E-state index in [0.717, 1.165) is 0 Å². The molecule has 0 aliphatic heterocycles. The first kappa shape index (κ1) is 15.7. The van der Waals surface area contributed by atoms with Crippen LogP contribution in [0.25, 0.3) is 0 Å². The van der Waals surface area contributed by atoms with Crippen molar-refractivity contribution in [1.82, 2.24) is 4.67 Å². The van der Waals surface area contributed by atoms with E-state index >= 15 is 0 Å². The lowest BCUT2D eigenvalue weighted by Gasteiger charge is -2.34. The second kappa shape index (κ2) is 6.45. The van der Waals surface area contributed by atoms with Gasteiger partial charge in [-0.05, 0) is 11.8 Å². The monoisotopic (exact) mass is 279 g/mol. The molecule has 0 bridgehead atoms. The molecule has 2 nitrogen and oxygen atoms in total. The fourth-order valence-corrected chi connectivity index (χ4v) is 4.35. The van der Waals surface area contributed by atoms with Gasteiger partial charge in [0.2, 0.25) is 0 Å². The van der Waals surface area contributed by atoms with Crippen LogP contribution < -0.4 is 0 Å². The van der Waals surface area contributed by atoms with Gasteiger partial charge in [0.1, 0.15) is 12.3 Å². The maximum absolute atomic E-state index is 13.0. The Kier molecular flexibility index (Phi) is 6.76. The highest BCUT2D eigenvalue weighted by Gasteiger charge is 2.37. The topological polar surface area (TPSA) is 12.5 Å². The molecule has 0 aliphatic carbocycles. The van der Waals surface area contributed by atoms with E-state index in [-0.39, 0.29) is 0 Å². The molecular weight excluding hydrogens is 263 g/mol. The predicted molar refractivity (Wildman–Crippen MR) is 64.5 cm³/mol. The van der Waals surface area contributed by atoms with E-state index in [1.165, 1.54) is 0 Å². The van der Waals surface area contributed by atoms with Crippen molar-refractivity contribution in [3.63, 3.8) is 0 Å². The van der Waals surface area contributed by atoms with Gasteiger partial charge in [-0.2, -0.15) is 8.78 Å². The lowest BCUT2D eigenvalue weighted by molar-refractivity contribution is -0.153. The summed E-state index contributed by atoms with van der Waals surface area (Å²) in [6, 6.07) is 0. The van der Waals surface area contributed by atoms with E-state index < -0.39 is 18.4 Å². The lowest BCUT2D eigenvalue weighted by Crippen LogP contribution is -2.29. The normalized spacial score (nSPS) is 16.7. The summed E-state index contributed by atoms with van der Waals surface area (Å²) in [5.74, 6) is -0.855. The van der Waals surface area contributed by atoms with Crippen molar-refractivity contribution in [2.45, 2.75) is 26.9 Å². The zero-order valence-electron chi connectivity index (χ0n) is 9.17. The molecule has 92 valence electrons. The van der Waals surface area contributed by atoms with Gasteiger partial charge in [0.25, 0.3) is 0 Å². The standard InChI is InChI=1S/C8H17ClF2NOPS/c1-4-12(5-2)14(15,6-3)13-8(10,11)7-9/h4-7H2,1-3H3. The molecule has 15 heavy (non-hydrogen) atoms. The minimum atomic E-state index is -3.32. The third kappa shape index (κ3) is 4.61. The minimum Gasteiger partial charge on any atom is -0.274 e. The first-order valence-electron chi connectivity index (χ1n) is 4.84. The maximum Gasteiger partial charge on any atom is 0.373 e. The van der Waals surface area contributed by atoms with Crippen molar-refractivity contribution in [1.29, 1.82) is 0 Å². The summed E-state index contributed by atoms with van der Waals surface area (Å²) in [7, 11) is 0. The number of alkyl halides is 3. The SMILES string of the molecule is CCN(CC)P(=S)(CC)OC(F)(F)CCl. The van der Waals surface area contributed by atoms with E-state index in [2.05, 4.69) is 0 Å². The van der Waals surface area contributed by atoms with Crippen LogP contribution in [0.2, 0.25) is 0 Å². The van der Waals surface area contributed by atoms with Gasteiger partial charge in [0, 0.05) is 19.3 Å². The van der Waals surface area contributed by atoms with Crippen LogP contribution in [0.15, 0.2) is 0 Å².